The van der Waals surface area contributed by atoms with Gasteiger partial charge in [0.05, 0.1) is 13.2 Å². The molecule has 0 aromatic heterocycles. The molecule has 0 spiro atoms. The first-order valence-electron chi connectivity index (χ1n) is 6.70. The first-order chi connectivity index (χ1) is 8.16. The summed E-state index contributed by atoms with van der Waals surface area (Å²) in [5.74, 6) is 0.807. The molecule has 0 amide bonds. The zero-order valence-corrected chi connectivity index (χ0v) is 10.6. The zero-order chi connectivity index (χ0) is 12.3. The molecule has 0 radical (unpaired) electrons. The van der Waals surface area contributed by atoms with E-state index in [9.17, 15) is 4.79 Å². The monoisotopic (exact) mass is 241 g/mol. The number of esters is 1. The van der Waals surface area contributed by atoms with Crippen molar-refractivity contribution in [3.63, 3.8) is 0 Å². The molecule has 0 bridgehead atoms. The molecule has 0 aromatic carbocycles. The molecule has 0 aromatic rings. The summed E-state index contributed by atoms with van der Waals surface area (Å²) < 4.78 is 10.6. The van der Waals surface area contributed by atoms with E-state index in [1.165, 1.54) is 12.8 Å². The van der Waals surface area contributed by atoms with Gasteiger partial charge in [0, 0.05) is 6.61 Å². The van der Waals surface area contributed by atoms with Crippen molar-refractivity contribution < 1.29 is 14.3 Å². The fourth-order valence-corrected chi connectivity index (χ4v) is 2.10. The zero-order valence-electron chi connectivity index (χ0n) is 10.6. The Labute approximate surface area is 103 Å². The van der Waals surface area contributed by atoms with Crippen molar-refractivity contribution in [3.05, 3.63) is 0 Å². The highest BCUT2D eigenvalue weighted by Gasteiger charge is 2.49. The first kappa shape index (κ1) is 12.8. The molecular weight excluding hydrogens is 218 g/mol. The van der Waals surface area contributed by atoms with E-state index in [0.717, 1.165) is 31.8 Å². The van der Waals surface area contributed by atoms with Crippen molar-refractivity contribution in [1.29, 1.82) is 0 Å². The van der Waals surface area contributed by atoms with Crippen molar-refractivity contribution in [2.75, 3.05) is 19.8 Å². The Kier molecular flexibility index (Phi) is 4.05. The highest BCUT2D eigenvalue weighted by molar-refractivity contribution is 5.81. The Balaban J connectivity index is 1.75. The molecule has 4 nitrogen and oxygen atoms in total. The van der Waals surface area contributed by atoms with Crippen LogP contribution >= 0.6 is 0 Å². The van der Waals surface area contributed by atoms with E-state index in [-0.39, 0.29) is 11.9 Å². The van der Waals surface area contributed by atoms with Gasteiger partial charge in [0.15, 0.2) is 0 Å². The number of ether oxygens (including phenoxy) is 2. The van der Waals surface area contributed by atoms with Crippen molar-refractivity contribution in [3.8, 4) is 0 Å². The molecule has 2 N–H and O–H groups in total. The van der Waals surface area contributed by atoms with Crippen LogP contribution < -0.4 is 5.73 Å². The standard InChI is InChI=1S/C13H23NO3/c1-2-17-12(15)13(14,11-5-6-11)9-16-8-7-10-3-4-10/h10-11H,2-9,14H2,1H3. The van der Waals surface area contributed by atoms with Gasteiger partial charge >= 0.3 is 5.97 Å². The van der Waals surface area contributed by atoms with Crippen LogP contribution in [-0.2, 0) is 14.3 Å². The van der Waals surface area contributed by atoms with Crippen LogP contribution in [0.15, 0.2) is 0 Å². The molecule has 2 aliphatic rings. The number of carbonyl (C=O) groups excluding carboxylic acids is 1. The van der Waals surface area contributed by atoms with Crippen LogP contribution in [0, 0.1) is 11.8 Å². The predicted molar refractivity (Wildman–Crippen MR) is 64.4 cm³/mol. The first-order valence-corrected chi connectivity index (χ1v) is 6.70. The topological polar surface area (TPSA) is 61.5 Å². The second-order valence-electron chi connectivity index (χ2n) is 5.32. The Morgan fingerprint density at radius 3 is 2.59 bits per heavy atom. The van der Waals surface area contributed by atoms with E-state index in [4.69, 9.17) is 15.2 Å². The van der Waals surface area contributed by atoms with Gasteiger partial charge in [0.2, 0.25) is 0 Å². The molecule has 98 valence electrons. The van der Waals surface area contributed by atoms with E-state index in [2.05, 4.69) is 0 Å². The third-order valence-corrected chi connectivity index (χ3v) is 3.67. The largest absolute Gasteiger partial charge is 0.465 e. The number of rotatable bonds is 8. The molecule has 2 aliphatic carbocycles. The van der Waals surface area contributed by atoms with E-state index >= 15 is 0 Å². The second kappa shape index (κ2) is 5.36. The van der Waals surface area contributed by atoms with Crippen LogP contribution in [0.1, 0.15) is 39.0 Å². The van der Waals surface area contributed by atoms with E-state index in [0.29, 0.717) is 13.2 Å². The lowest BCUT2D eigenvalue weighted by Crippen LogP contribution is -2.55. The van der Waals surface area contributed by atoms with Crippen molar-refractivity contribution in [1.82, 2.24) is 0 Å². The second-order valence-corrected chi connectivity index (χ2v) is 5.32. The molecule has 4 heteroatoms. The number of hydrogen-bond acceptors (Lipinski definition) is 4. The van der Waals surface area contributed by atoms with Crippen molar-refractivity contribution in [2.24, 2.45) is 17.6 Å². The fourth-order valence-electron chi connectivity index (χ4n) is 2.10. The molecule has 0 aliphatic heterocycles. The van der Waals surface area contributed by atoms with Gasteiger partial charge in [-0.3, -0.25) is 0 Å². The average Bonchev–Trinajstić information content (AvgIpc) is 3.17. The normalized spacial score (nSPS) is 23.2. The SMILES string of the molecule is CCOC(=O)C(N)(COCCC1CC1)C1CC1. The van der Waals surface area contributed by atoms with Gasteiger partial charge in [-0.25, -0.2) is 4.79 Å². The van der Waals surface area contributed by atoms with Gasteiger partial charge in [0.25, 0.3) is 0 Å². The summed E-state index contributed by atoms with van der Waals surface area (Å²) in [6.45, 7) is 3.21. The molecule has 2 fully saturated rings. The summed E-state index contributed by atoms with van der Waals surface area (Å²) in [4.78, 5) is 11.9. The van der Waals surface area contributed by atoms with Gasteiger partial charge in [-0.1, -0.05) is 12.8 Å². The summed E-state index contributed by atoms with van der Waals surface area (Å²) in [6.07, 6.45) is 5.79. The van der Waals surface area contributed by atoms with Crippen LogP contribution in [-0.4, -0.2) is 31.3 Å². The van der Waals surface area contributed by atoms with Gasteiger partial charge < -0.3 is 15.2 Å². The van der Waals surface area contributed by atoms with Gasteiger partial charge in [-0.15, -0.1) is 0 Å². The Morgan fingerprint density at radius 2 is 2.06 bits per heavy atom. The van der Waals surface area contributed by atoms with Crippen LogP contribution in [0.25, 0.3) is 0 Å². The van der Waals surface area contributed by atoms with Crippen LogP contribution in [0.5, 0.6) is 0 Å². The molecule has 0 saturated heterocycles. The maximum absolute atomic E-state index is 11.9. The third-order valence-electron chi connectivity index (χ3n) is 3.67. The molecule has 1 unspecified atom stereocenters. The van der Waals surface area contributed by atoms with Crippen molar-refractivity contribution in [2.45, 2.75) is 44.6 Å². The number of hydrogen-bond donors (Lipinski definition) is 1. The summed E-state index contributed by atoms with van der Waals surface area (Å²) in [5.41, 5.74) is 5.26. The lowest BCUT2D eigenvalue weighted by atomic mass is 9.96. The molecule has 1 atom stereocenters. The van der Waals surface area contributed by atoms with Crippen LogP contribution in [0.3, 0.4) is 0 Å². The Bertz CT molecular complexity index is 274. The quantitative estimate of drug-likeness (QED) is 0.516. The average molecular weight is 241 g/mol. The molecular formula is C13H23NO3. The summed E-state index contributed by atoms with van der Waals surface area (Å²) in [6, 6.07) is 0. The Morgan fingerprint density at radius 1 is 1.35 bits per heavy atom. The van der Waals surface area contributed by atoms with Crippen LogP contribution in [0.2, 0.25) is 0 Å². The minimum absolute atomic E-state index is 0.252. The number of nitrogens with two attached hydrogens (primary N) is 1. The lowest BCUT2D eigenvalue weighted by molar-refractivity contribution is -0.153. The molecule has 0 heterocycles. The van der Waals surface area contributed by atoms with Crippen LogP contribution in [0.4, 0.5) is 0 Å². The van der Waals surface area contributed by atoms with Gasteiger partial charge in [0.1, 0.15) is 5.54 Å². The fraction of sp³-hybridized carbons (Fsp3) is 0.923. The van der Waals surface area contributed by atoms with Gasteiger partial charge in [-0.05, 0) is 38.0 Å². The predicted octanol–water partition coefficient (Wildman–Crippen LogP) is 1.47. The number of carbonyl (C=O) groups is 1. The summed E-state index contributed by atoms with van der Waals surface area (Å²) in [7, 11) is 0. The summed E-state index contributed by atoms with van der Waals surface area (Å²) >= 11 is 0. The van der Waals surface area contributed by atoms with Gasteiger partial charge in [-0.2, -0.15) is 0 Å². The maximum atomic E-state index is 11.9. The molecule has 2 saturated carbocycles. The lowest BCUT2D eigenvalue weighted by Gasteiger charge is -2.26. The highest BCUT2D eigenvalue weighted by Crippen LogP contribution is 2.39. The third kappa shape index (κ3) is 3.42. The van der Waals surface area contributed by atoms with E-state index in [1.807, 2.05) is 0 Å². The van der Waals surface area contributed by atoms with E-state index in [1.54, 1.807) is 6.92 Å². The summed E-state index contributed by atoms with van der Waals surface area (Å²) in [5, 5.41) is 0. The molecule has 17 heavy (non-hydrogen) atoms. The smallest absolute Gasteiger partial charge is 0.328 e. The van der Waals surface area contributed by atoms with E-state index < -0.39 is 5.54 Å². The maximum Gasteiger partial charge on any atom is 0.328 e. The molecule has 2 rings (SSSR count). The Hall–Kier alpha value is -0.610. The highest BCUT2D eigenvalue weighted by atomic mass is 16.5. The van der Waals surface area contributed by atoms with Crippen molar-refractivity contribution >= 4 is 5.97 Å². The minimum atomic E-state index is -0.903. The minimum Gasteiger partial charge on any atom is -0.465 e.